The van der Waals surface area contributed by atoms with Crippen LogP contribution in [-0.2, 0) is 65.4 Å². The van der Waals surface area contributed by atoms with Gasteiger partial charge >= 0.3 is 6.09 Å². The predicted molar refractivity (Wildman–Crippen MR) is 287 cm³/mol. The van der Waals surface area contributed by atoms with Gasteiger partial charge in [-0.15, -0.1) is 0 Å². The normalized spacial score (nSPS) is 24.8. The van der Waals surface area contributed by atoms with Gasteiger partial charge in [0.15, 0.2) is 24.6 Å². The van der Waals surface area contributed by atoms with E-state index in [-0.39, 0.29) is 78.8 Å². The Morgan fingerprint density at radius 2 is 1.52 bits per heavy atom. The number of hydrogen-bond acceptors (Lipinski definition) is 21. The first-order valence-corrected chi connectivity index (χ1v) is 27.1. The highest BCUT2D eigenvalue weighted by molar-refractivity contribution is 6.31. The van der Waals surface area contributed by atoms with Crippen LogP contribution in [0.25, 0.3) is 0 Å². The molecule has 28 heteroatoms. The molecule has 9 rings (SSSR count). The number of ketones is 2. The van der Waals surface area contributed by atoms with E-state index in [1.54, 1.807) is 19.1 Å². The fourth-order valence-electron chi connectivity index (χ4n) is 11.1. The monoisotopic (exact) mass is 1170 g/mol. The zero-order chi connectivity index (χ0) is 60.3. The molecular weight excluding hydrogens is 1100 g/mol. The summed E-state index contributed by atoms with van der Waals surface area (Å²) in [6.07, 6.45) is -5.08. The van der Waals surface area contributed by atoms with Gasteiger partial charge in [-0.3, -0.25) is 43.3 Å². The van der Waals surface area contributed by atoms with Gasteiger partial charge in [-0.25, -0.2) is 4.79 Å². The third kappa shape index (κ3) is 12.6. The first-order valence-electron chi connectivity index (χ1n) is 27.1. The lowest BCUT2D eigenvalue weighted by molar-refractivity contribution is -0.256. The lowest BCUT2D eigenvalue weighted by Crippen LogP contribution is -2.55. The Morgan fingerprint density at radius 1 is 0.833 bits per heavy atom. The van der Waals surface area contributed by atoms with Crippen molar-refractivity contribution in [2.24, 2.45) is 0 Å². The van der Waals surface area contributed by atoms with Crippen molar-refractivity contribution in [2.45, 2.75) is 94.1 Å². The quantitative estimate of drug-likeness (QED) is 0.0482. The number of hydrogen-bond donors (Lipinski definition) is 8. The fourth-order valence-corrected chi connectivity index (χ4v) is 11.1. The molecule has 9 atom stereocenters. The first kappa shape index (κ1) is 60.5. The molecule has 7 amide bonds. The number of aliphatic hydroxyl groups is 2. The standard InChI is InChI=1S/C56H66N8O20/c1-28-51-33(63-19-20-80-53(79-5)52(63)84-51)21-42(81-28)83-35-23-56(77,22-32-44(35)50(74)46-45(48(32)72)47(71)31-7-6-8-34(78-4)43(31)49(46)73)54(75)60-24-29-9-11-30(12-10-29)82-55(76)62(3)18-17-61(2)41(70)27-59-38(67)26-58-37(66)25-57-36(65)15-16-64-39(68)13-14-40(64)69/h6-14,28,33,35,39,42,51-53,68,72,74,77H,15-27H2,1-5H3,(H,57,65)(H,58,66)(H,59,67)(H,60,75)/t28-,33-,35-,39?,42-,51+,52+,53-,56-/m0/s1. The van der Waals surface area contributed by atoms with Gasteiger partial charge in [-0.2, -0.15) is 0 Å². The van der Waals surface area contributed by atoms with E-state index < -0.39 is 157 Å². The lowest BCUT2D eigenvalue weighted by Gasteiger charge is -2.43. The van der Waals surface area contributed by atoms with Crippen LogP contribution >= 0.6 is 0 Å². The molecule has 28 nitrogen and oxygen atoms in total. The van der Waals surface area contributed by atoms with Gasteiger partial charge in [0.2, 0.25) is 35.3 Å². The van der Waals surface area contributed by atoms with Crippen LogP contribution in [0.2, 0.25) is 0 Å². The van der Waals surface area contributed by atoms with Gasteiger partial charge < -0.3 is 89.6 Å². The highest BCUT2D eigenvalue weighted by atomic mass is 16.7. The molecule has 6 aliphatic rings. The van der Waals surface area contributed by atoms with E-state index in [0.29, 0.717) is 18.7 Å². The van der Waals surface area contributed by atoms with Crippen LogP contribution in [0.5, 0.6) is 23.0 Å². The largest absolute Gasteiger partial charge is 0.507 e. The summed E-state index contributed by atoms with van der Waals surface area (Å²) in [7, 11) is 5.74. The summed E-state index contributed by atoms with van der Waals surface area (Å²) in [6, 6.07) is 10.2. The number of phenols is 2. The van der Waals surface area contributed by atoms with E-state index in [9.17, 15) is 63.6 Å². The molecule has 84 heavy (non-hydrogen) atoms. The third-order valence-electron chi connectivity index (χ3n) is 15.6. The molecule has 1 unspecified atom stereocenters. The molecule has 8 N–H and O–H groups in total. The van der Waals surface area contributed by atoms with Crippen molar-refractivity contribution in [3.05, 3.63) is 93.6 Å². The van der Waals surface area contributed by atoms with Crippen molar-refractivity contribution in [1.29, 1.82) is 0 Å². The number of benzene rings is 3. The number of carbonyl (C=O) groups is 9. The van der Waals surface area contributed by atoms with E-state index in [2.05, 4.69) is 26.2 Å². The van der Waals surface area contributed by atoms with E-state index >= 15 is 0 Å². The number of aliphatic hydroxyl groups excluding tert-OH is 1. The average molecular weight is 1170 g/mol. The van der Waals surface area contributed by atoms with Gasteiger partial charge in [0, 0.05) is 108 Å². The maximum absolute atomic E-state index is 14.3. The van der Waals surface area contributed by atoms with Gasteiger partial charge in [-0.1, -0.05) is 24.3 Å². The molecule has 3 aromatic rings. The van der Waals surface area contributed by atoms with Crippen LogP contribution in [0.3, 0.4) is 0 Å². The number of nitrogens with one attached hydrogen (secondary N) is 4. The SMILES string of the molecule is COc1cccc2c1C(=O)c1c(O)c3c(c(O)c1C2=O)C[C@@](O)(C(=O)NCc1ccc(OC(=O)N(C)CCN(C)C(=O)CNC(=O)CNC(=O)CNC(=O)CCN2C(=O)C=CC2O)cc1)C[C@@H]3O[C@H]1C[C@H]2[C@H](O[C@@H]3[C@@H](OC)OCCN32)[C@H](C)O1. The molecule has 4 aliphatic heterocycles. The molecule has 450 valence electrons. The number of nitrogens with zero attached hydrogens (tertiary/aromatic N) is 4. The Hall–Kier alpha value is -8.09. The van der Waals surface area contributed by atoms with Gasteiger partial charge in [0.05, 0.1) is 62.2 Å². The summed E-state index contributed by atoms with van der Waals surface area (Å²) in [5.74, 6) is -6.57. The summed E-state index contributed by atoms with van der Waals surface area (Å²) in [5, 5.41) is 56.1. The molecule has 0 bridgehead atoms. The van der Waals surface area contributed by atoms with Crippen LogP contribution in [0.15, 0.2) is 54.6 Å². The second-order valence-corrected chi connectivity index (χ2v) is 21.0. The fraction of sp³-hybridized carbons (Fsp3) is 0.482. The van der Waals surface area contributed by atoms with Crippen LogP contribution in [0, 0.1) is 0 Å². The summed E-state index contributed by atoms with van der Waals surface area (Å²) >= 11 is 0. The average Bonchev–Trinajstić information content (AvgIpc) is 0.993. The van der Waals surface area contributed by atoms with E-state index in [4.69, 9.17) is 33.2 Å². The molecule has 3 fully saturated rings. The summed E-state index contributed by atoms with van der Waals surface area (Å²) in [5.41, 5.74) is -3.33. The van der Waals surface area contributed by atoms with Crippen LogP contribution < -0.4 is 30.7 Å². The van der Waals surface area contributed by atoms with E-state index in [1.807, 2.05) is 0 Å². The highest BCUT2D eigenvalue weighted by Gasteiger charge is 2.55. The first-order chi connectivity index (χ1) is 40.1. The molecule has 0 aromatic heterocycles. The smallest absolute Gasteiger partial charge is 0.415 e. The maximum atomic E-state index is 14.3. The van der Waals surface area contributed by atoms with Crippen LogP contribution in [0.4, 0.5) is 4.79 Å². The molecule has 3 aromatic carbocycles. The topological polar surface area (TPSA) is 360 Å². The number of amides is 7. The van der Waals surface area contributed by atoms with Crippen molar-refractivity contribution in [3.8, 4) is 23.0 Å². The number of fused-ring (bicyclic) bond motifs is 6. The van der Waals surface area contributed by atoms with Gasteiger partial charge in [-0.05, 0) is 36.8 Å². The Balaban J connectivity index is 0.780. The maximum Gasteiger partial charge on any atom is 0.415 e. The minimum absolute atomic E-state index is 0.0242. The third-order valence-corrected chi connectivity index (χ3v) is 15.6. The van der Waals surface area contributed by atoms with Gasteiger partial charge in [0.1, 0.15) is 40.9 Å². The number of phenolic OH excluding ortho intramolecular Hbond substituents is 2. The number of likely N-dealkylation sites (N-methyl/N-ethyl adjacent to an activating group) is 2. The number of rotatable bonds is 20. The second-order valence-electron chi connectivity index (χ2n) is 21.0. The van der Waals surface area contributed by atoms with Crippen LogP contribution in [-0.4, -0.2) is 223 Å². The lowest BCUT2D eigenvalue weighted by atomic mass is 9.72. The Morgan fingerprint density at radius 3 is 2.21 bits per heavy atom. The number of carbonyl (C=O) groups excluding carboxylic acids is 9. The van der Waals surface area contributed by atoms with Crippen molar-refractivity contribution in [3.63, 3.8) is 0 Å². The molecule has 4 heterocycles. The zero-order valence-electron chi connectivity index (χ0n) is 46.6. The zero-order valence-corrected chi connectivity index (χ0v) is 46.6. The number of ether oxygens (including phenoxy) is 7. The number of morpholine rings is 1. The highest BCUT2D eigenvalue weighted by Crippen LogP contribution is 2.53. The predicted octanol–water partition coefficient (Wildman–Crippen LogP) is -1.19. The molecule has 0 saturated carbocycles. The molecule has 0 spiro atoms. The molecule has 2 aliphatic carbocycles. The van der Waals surface area contributed by atoms with E-state index in [1.165, 1.54) is 80.6 Å². The molecular formula is C56H66N8O20. The number of methoxy groups -OCH3 is 2. The van der Waals surface area contributed by atoms with Crippen molar-refractivity contribution in [2.75, 3.05) is 80.7 Å². The van der Waals surface area contributed by atoms with Crippen molar-refractivity contribution < 1.29 is 96.7 Å². The Bertz CT molecular complexity index is 3140. The summed E-state index contributed by atoms with van der Waals surface area (Å²) in [6.45, 7) is 1.18. The Kier molecular flexibility index (Phi) is 18.3. The Labute approximate surface area is 480 Å². The molecule has 3 saturated heterocycles. The van der Waals surface area contributed by atoms with Gasteiger partial charge in [0.25, 0.3) is 5.91 Å². The second kappa shape index (κ2) is 25.4. The van der Waals surface area contributed by atoms with E-state index in [0.717, 1.165) is 4.90 Å². The van der Waals surface area contributed by atoms with Crippen LogP contribution in [0.1, 0.15) is 80.8 Å². The summed E-state index contributed by atoms with van der Waals surface area (Å²) < 4.78 is 41.6. The number of aromatic hydroxyl groups is 2. The minimum atomic E-state index is -2.35. The summed E-state index contributed by atoms with van der Waals surface area (Å²) in [4.78, 5) is 122. The van der Waals surface area contributed by atoms with Crippen molar-refractivity contribution >= 4 is 53.1 Å². The van der Waals surface area contributed by atoms with Crippen molar-refractivity contribution in [1.82, 2.24) is 40.9 Å². The minimum Gasteiger partial charge on any atom is -0.507 e. The molecule has 0 radical (unpaired) electrons.